The van der Waals surface area contributed by atoms with Gasteiger partial charge in [0.25, 0.3) is 0 Å². The summed E-state index contributed by atoms with van der Waals surface area (Å²) in [5.74, 6) is -1.16. The van der Waals surface area contributed by atoms with E-state index >= 15 is 0 Å². The van der Waals surface area contributed by atoms with Gasteiger partial charge in [-0.15, -0.1) is 0 Å². The maximum absolute atomic E-state index is 12.5. The van der Waals surface area contributed by atoms with Gasteiger partial charge in [-0.1, -0.05) is 60.1 Å². The van der Waals surface area contributed by atoms with Gasteiger partial charge in [-0.2, -0.15) is 0 Å². The van der Waals surface area contributed by atoms with Crippen LogP contribution in [0.5, 0.6) is 0 Å². The van der Waals surface area contributed by atoms with Crippen molar-refractivity contribution in [3.8, 4) is 0 Å². The molecule has 0 aromatic carbocycles. The third-order valence-corrected chi connectivity index (χ3v) is 19.5. The smallest absolute Gasteiger partial charge is 0.335 e. The third-order valence-electron chi connectivity index (χ3n) is 19.5. The van der Waals surface area contributed by atoms with Crippen molar-refractivity contribution in [2.75, 3.05) is 13.2 Å². The van der Waals surface area contributed by atoms with Crippen molar-refractivity contribution in [1.29, 1.82) is 0 Å². The number of aliphatic hydroxyl groups is 10. The van der Waals surface area contributed by atoms with Crippen molar-refractivity contribution >= 4 is 5.97 Å². The molecule has 8 aliphatic rings. The Morgan fingerprint density at radius 2 is 1.30 bits per heavy atom. The number of hydrogen-bond donors (Lipinski definition) is 11. The van der Waals surface area contributed by atoms with E-state index in [-0.39, 0.29) is 57.5 Å². The summed E-state index contributed by atoms with van der Waals surface area (Å²) in [4.78, 5) is 12.5. The predicted octanol–water partition coefficient (Wildman–Crippen LogP) is 0.705. The van der Waals surface area contributed by atoms with Crippen LogP contribution >= 0.6 is 0 Å². The molecule has 11 N–H and O–H groups in total. The molecule has 66 heavy (non-hydrogen) atoms. The average molecular weight is 943 g/mol. The first kappa shape index (κ1) is 50.9. The largest absolute Gasteiger partial charge is 0.479 e. The number of ether oxygens (including phenoxy) is 6. The summed E-state index contributed by atoms with van der Waals surface area (Å²) in [5.41, 5.74) is -0.0545. The highest BCUT2D eigenvalue weighted by atomic mass is 16.8. The molecular weight excluding hydrogens is 865 g/mol. The van der Waals surface area contributed by atoms with Gasteiger partial charge in [-0.25, -0.2) is 4.79 Å². The van der Waals surface area contributed by atoms with Crippen molar-refractivity contribution < 1.29 is 89.4 Å². The van der Waals surface area contributed by atoms with Crippen molar-refractivity contribution in [3.05, 3.63) is 11.6 Å². The lowest BCUT2D eigenvalue weighted by Crippen LogP contribution is -2.68. The highest BCUT2D eigenvalue weighted by molar-refractivity contribution is 5.73. The highest BCUT2D eigenvalue weighted by Crippen LogP contribution is 2.76. The second-order valence-corrected chi connectivity index (χ2v) is 23.6. The van der Waals surface area contributed by atoms with Gasteiger partial charge in [0.1, 0.15) is 61.0 Å². The second kappa shape index (κ2) is 17.7. The zero-order chi connectivity index (χ0) is 48.4. The number of aliphatic carboxylic acids is 1. The summed E-state index contributed by atoms with van der Waals surface area (Å²) in [5, 5.41) is 120. The quantitative estimate of drug-likeness (QED) is 0.112. The maximum atomic E-state index is 12.5. The normalized spacial score (nSPS) is 55.9. The summed E-state index contributed by atoms with van der Waals surface area (Å²) in [6.07, 6.45) is -17.6. The van der Waals surface area contributed by atoms with Crippen molar-refractivity contribution in [2.24, 2.45) is 50.2 Å². The molecule has 0 bridgehead atoms. The van der Waals surface area contributed by atoms with Crippen LogP contribution in [0.3, 0.4) is 0 Å². The fraction of sp³-hybridized carbons (Fsp3) is 0.938. The number of rotatable bonds is 9. The molecule has 5 aliphatic carbocycles. The maximum Gasteiger partial charge on any atom is 0.335 e. The molecule has 0 spiro atoms. The molecule has 25 atom stereocenters. The molecule has 0 aromatic rings. The van der Waals surface area contributed by atoms with E-state index in [1.807, 2.05) is 6.92 Å². The van der Waals surface area contributed by atoms with Crippen LogP contribution in [0.4, 0.5) is 0 Å². The van der Waals surface area contributed by atoms with Crippen LogP contribution in [0.25, 0.3) is 0 Å². The van der Waals surface area contributed by atoms with E-state index in [9.17, 15) is 61.0 Å². The van der Waals surface area contributed by atoms with Crippen LogP contribution in [0.2, 0.25) is 0 Å². The van der Waals surface area contributed by atoms with Crippen LogP contribution in [0, 0.1) is 50.2 Å². The van der Waals surface area contributed by atoms with E-state index in [2.05, 4.69) is 47.6 Å². The minimum atomic E-state index is -2.07. The molecule has 8 rings (SSSR count). The molecule has 18 nitrogen and oxygen atoms in total. The molecule has 18 heteroatoms. The molecule has 0 amide bonds. The molecule has 3 heterocycles. The molecule has 3 saturated heterocycles. The van der Waals surface area contributed by atoms with E-state index in [1.54, 1.807) is 0 Å². The number of carboxylic acid groups (broad SMARTS) is 1. The number of aliphatic hydroxyl groups excluding tert-OH is 10. The van der Waals surface area contributed by atoms with Crippen molar-refractivity contribution in [1.82, 2.24) is 0 Å². The lowest BCUT2D eigenvalue weighted by Gasteiger charge is -2.72. The first-order valence-electron chi connectivity index (χ1n) is 24.3. The van der Waals surface area contributed by atoms with Crippen molar-refractivity contribution in [2.45, 2.75) is 218 Å². The summed E-state index contributed by atoms with van der Waals surface area (Å²) >= 11 is 0. The topological polar surface area (TPSA) is 295 Å². The predicted molar refractivity (Wildman–Crippen MR) is 231 cm³/mol. The van der Waals surface area contributed by atoms with E-state index in [0.29, 0.717) is 12.8 Å². The van der Waals surface area contributed by atoms with E-state index < -0.39 is 116 Å². The lowest BCUT2D eigenvalue weighted by molar-refractivity contribution is -0.396. The van der Waals surface area contributed by atoms with Crippen LogP contribution in [-0.4, -0.2) is 180 Å². The molecule has 3 aliphatic heterocycles. The molecule has 7 fully saturated rings. The number of carbonyl (C=O) groups is 1. The Kier molecular flexibility index (Phi) is 13.7. The van der Waals surface area contributed by atoms with Gasteiger partial charge in [0, 0.05) is 10.8 Å². The van der Waals surface area contributed by atoms with Crippen molar-refractivity contribution in [3.63, 3.8) is 0 Å². The SMILES string of the molecule is C[C@@H]1O[C@@H](O[C@H]2[C@H](O[C@@H]3[C@H](O[C@H]4CC[C@@]5(C)[C@@H](CC[C@]6(C)[C@@H]5CC=C5[C@@H]7CC(C)(C)C[C@@H](O)[C@]7(C)CC[C@]56C)[C@@]4(C)CO)O[C@@H](C(=O)O)[C@@H](O)[C@@H]3O)O[C@H](CO)[C@@H](O)[C@@H]2O)[C@H](O)[C@H](O)[C@H]1O. The first-order chi connectivity index (χ1) is 30.7. The Morgan fingerprint density at radius 3 is 1.94 bits per heavy atom. The molecule has 0 unspecified atom stereocenters. The first-order valence-corrected chi connectivity index (χ1v) is 24.3. The summed E-state index contributed by atoms with van der Waals surface area (Å²) in [7, 11) is 0. The fourth-order valence-electron chi connectivity index (χ4n) is 15.1. The Hall–Kier alpha value is -1.43. The van der Waals surface area contributed by atoms with Gasteiger partial charge in [-0.3, -0.25) is 0 Å². The summed E-state index contributed by atoms with van der Waals surface area (Å²) in [6, 6.07) is 0. The lowest BCUT2D eigenvalue weighted by atomic mass is 9.33. The second-order valence-electron chi connectivity index (χ2n) is 23.6. The number of hydrogen-bond acceptors (Lipinski definition) is 17. The number of carboxylic acids is 1. The van der Waals surface area contributed by atoms with Crippen LogP contribution in [0.15, 0.2) is 11.6 Å². The van der Waals surface area contributed by atoms with Gasteiger partial charge in [0.15, 0.2) is 25.0 Å². The minimum Gasteiger partial charge on any atom is -0.479 e. The molecule has 378 valence electrons. The summed E-state index contributed by atoms with van der Waals surface area (Å²) in [6.45, 7) is 16.3. The fourth-order valence-corrected chi connectivity index (χ4v) is 15.1. The van der Waals surface area contributed by atoms with E-state index in [4.69, 9.17) is 28.4 Å². The monoisotopic (exact) mass is 943 g/mol. The Balaban J connectivity index is 1.08. The Labute approximate surface area is 387 Å². The third kappa shape index (κ3) is 7.78. The van der Waals surface area contributed by atoms with E-state index in [1.165, 1.54) is 12.5 Å². The number of allylic oxidation sites excluding steroid dienone is 2. The van der Waals surface area contributed by atoms with Crippen LogP contribution < -0.4 is 0 Å². The van der Waals surface area contributed by atoms with Crippen LogP contribution in [-0.2, 0) is 33.2 Å². The highest BCUT2D eigenvalue weighted by Gasteiger charge is 2.70. The van der Waals surface area contributed by atoms with Gasteiger partial charge in [0.05, 0.1) is 31.5 Å². The molecular formula is C48H78O18. The van der Waals surface area contributed by atoms with Crippen LogP contribution in [0.1, 0.15) is 113 Å². The molecule has 0 radical (unpaired) electrons. The average Bonchev–Trinajstić information content (AvgIpc) is 3.25. The van der Waals surface area contributed by atoms with Gasteiger partial charge in [-0.05, 0) is 104 Å². The van der Waals surface area contributed by atoms with Gasteiger partial charge < -0.3 is 84.6 Å². The molecule has 0 aromatic heterocycles. The van der Waals surface area contributed by atoms with Gasteiger partial charge >= 0.3 is 5.97 Å². The molecule has 4 saturated carbocycles. The minimum absolute atomic E-state index is 0.0166. The standard InChI is InChI=1S/C48H78O18/c1-21-29(52)31(54)35(58)40(61-21)65-37-32(55)30(53)24(19-49)62-41(37)66-38-34(57)33(56)36(39(59)60)64-42(38)63-28-12-13-45(5)25(46(28,6)20-50)11-14-48(8)26(45)10-9-22-23-17-43(2,3)18-27(51)44(23,4)15-16-47(22,48)7/h9,21,23-38,40-42,49-58H,10-20H2,1-8H3,(H,59,60)/t21-,23-,24+,25+,26+,27+,28-,29-,30+,31+,32-,33-,34-,35+,36+,37+,38-,40-,41-,42+,44+,45-,46+,47+,48+/m0/s1. The Morgan fingerprint density at radius 1 is 0.667 bits per heavy atom. The zero-order valence-corrected chi connectivity index (χ0v) is 39.7. The van der Waals surface area contributed by atoms with E-state index in [0.717, 1.165) is 44.9 Å². The summed E-state index contributed by atoms with van der Waals surface area (Å²) < 4.78 is 36.2. The number of fused-ring (bicyclic) bond motifs is 7. The van der Waals surface area contributed by atoms with Gasteiger partial charge in [0.2, 0.25) is 0 Å². The Bertz CT molecular complexity index is 1820. The zero-order valence-electron chi connectivity index (χ0n) is 39.7.